The molecular formula is C15H21Cl2N3O2. The number of amides is 2. The van der Waals surface area contributed by atoms with Gasteiger partial charge in [0.1, 0.15) is 0 Å². The number of piperazine rings is 1. The zero-order chi connectivity index (χ0) is 15.2. The number of hydrogen-bond acceptors (Lipinski definition) is 3. The van der Waals surface area contributed by atoms with E-state index in [1.165, 1.54) is 0 Å². The first-order valence-electron chi connectivity index (χ1n) is 7.14. The molecule has 0 radical (unpaired) electrons. The highest BCUT2D eigenvalue weighted by Crippen LogP contribution is 2.14. The van der Waals surface area contributed by atoms with Crippen LogP contribution in [-0.2, 0) is 4.79 Å². The molecule has 2 amide bonds. The van der Waals surface area contributed by atoms with E-state index in [4.69, 9.17) is 17.3 Å². The molecule has 1 aliphatic heterocycles. The van der Waals surface area contributed by atoms with E-state index in [-0.39, 0.29) is 24.2 Å². The van der Waals surface area contributed by atoms with Gasteiger partial charge in [-0.15, -0.1) is 12.4 Å². The van der Waals surface area contributed by atoms with Gasteiger partial charge in [-0.1, -0.05) is 17.7 Å². The average Bonchev–Trinajstić information content (AvgIpc) is 2.52. The van der Waals surface area contributed by atoms with Crippen LogP contribution < -0.4 is 5.73 Å². The molecule has 1 fully saturated rings. The molecule has 2 N–H and O–H groups in total. The maximum absolute atomic E-state index is 12.3. The minimum absolute atomic E-state index is 0. The molecule has 7 heteroatoms. The molecule has 0 atom stereocenters. The third-order valence-corrected chi connectivity index (χ3v) is 3.82. The van der Waals surface area contributed by atoms with Crippen molar-refractivity contribution in [2.24, 2.45) is 5.73 Å². The third-order valence-electron chi connectivity index (χ3n) is 3.59. The van der Waals surface area contributed by atoms with Gasteiger partial charge >= 0.3 is 0 Å². The van der Waals surface area contributed by atoms with Gasteiger partial charge in [-0.25, -0.2) is 0 Å². The summed E-state index contributed by atoms with van der Waals surface area (Å²) in [4.78, 5) is 27.8. The monoisotopic (exact) mass is 345 g/mol. The van der Waals surface area contributed by atoms with E-state index < -0.39 is 0 Å². The van der Waals surface area contributed by atoms with Crippen LogP contribution in [0.25, 0.3) is 0 Å². The molecule has 1 saturated heterocycles. The molecule has 1 aliphatic rings. The molecule has 22 heavy (non-hydrogen) atoms. The summed E-state index contributed by atoms with van der Waals surface area (Å²) >= 11 is 5.91. The van der Waals surface area contributed by atoms with Crippen molar-refractivity contribution in [2.45, 2.75) is 12.8 Å². The van der Waals surface area contributed by atoms with E-state index in [1.54, 1.807) is 34.1 Å². The van der Waals surface area contributed by atoms with Crippen molar-refractivity contribution >= 4 is 35.8 Å². The van der Waals surface area contributed by atoms with Crippen molar-refractivity contribution < 1.29 is 9.59 Å². The Morgan fingerprint density at radius 1 is 1.14 bits per heavy atom. The second kappa shape index (κ2) is 8.98. The average molecular weight is 346 g/mol. The zero-order valence-corrected chi connectivity index (χ0v) is 13.9. The fourth-order valence-electron chi connectivity index (χ4n) is 2.37. The van der Waals surface area contributed by atoms with Crippen molar-refractivity contribution in [3.63, 3.8) is 0 Å². The van der Waals surface area contributed by atoms with Gasteiger partial charge in [-0.3, -0.25) is 9.59 Å². The molecule has 1 aromatic carbocycles. The van der Waals surface area contributed by atoms with E-state index in [0.717, 1.165) is 0 Å². The highest BCUT2D eigenvalue weighted by Gasteiger charge is 2.24. The van der Waals surface area contributed by atoms with Crippen LogP contribution in [0.1, 0.15) is 23.2 Å². The Kier molecular flexibility index (Phi) is 7.65. The third kappa shape index (κ3) is 4.87. The Balaban J connectivity index is 0.00000242. The van der Waals surface area contributed by atoms with Crippen LogP contribution in [-0.4, -0.2) is 54.3 Å². The fourth-order valence-corrected chi connectivity index (χ4v) is 2.56. The summed E-state index contributed by atoms with van der Waals surface area (Å²) in [6.45, 7) is 2.80. The summed E-state index contributed by atoms with van der Waals surface area (Å²) < 4.78 is 0. The molecule has 0 aliphatic carbocycles. The molecule has 0 saturated carbocycles. The largest absolute Gasteiger partial charge is 0.339 e. The minimum atomic E-state index is -0.0356. The summed E-state index contributed by atoms with van der Waals surface area (Å²) in [6, 6.07) is 6.93. The smallest absolute Gasteiger partial charge is 0.254 e. The maximum atomic E-state index is 12.3. The molecule has 1 aromatic rings. The zero-order valence-electron chi connectivity index (χ0n) is 12.3. The van der Waals surface area contributed by atoms with Crippen LogP contribution in [0.3, 0.4) is 0 Å². The van der Waals surface area contributed by atoms with Crippen LogP contribution >= 0.6 is 24.0 Å². The van der Waals surface area contributed by atoms with Crippen molar-refractivity contribution in [3.8, 4) is 0 Å². The first-order chi connectivity index (χ1) is 10.1. The number of carbonyl (C=O) groups is 2. The lowest BCUT2D eigenvalue weighted by Gasteiger charge is -2.35. The summed E-state index contributed by atoms with van der Waals surface area (Å²) in [7, 11) is 0. The molecule has 2 rings (SSSR count). The number of nitrogens with zero attached hydrogens (tertiary/aromatic N) is 2. The second-order valence-electron chi connectivity index (χ2n) is 5.08. The molecule has 0 aromatic heterocycles. The van der Waals surface area contributed by atoms with Crippen LogP contribution in [0.5, 0.6) is 0 Å². The van der Waals surface area contributed by atoms with Crippen molar-refractivity contribution in [3.05, 3.63) is 34.9 Å². The lowest BCUT2D eigenvalue weighted by Crippen LogP contribution is -2.50. The quantitative estimate of drug-likeness (QED) is 0.904. The summed E-state index contributed by atoms with van der Waals surface area (Å²) in [5.41, 5.74) is 6.00. The summed E-state index contributed by atoms with van der Waals surface area (Å²) in [6.07, 6.45) is 1.19. The Morgan fingerprint density at radius 3 is 2.36 bits per heavy atom. The normalized spacial score (nSPS) is 14.5. The molecule has 1 heterocycles. The fraction of sp³-hybridized carbons (Fsp3) is 0.467. The highest BCUT2D eigenvalue weighted by atomic mass is 35.5. The summed E-state index contributed by atoms with van der Waals surface area (Å²) in [5.74, 6) is 0.0851. The maximum Gasteiger partial charge on any atom is 0.254 e. The SMILES string of the molecule is Cl.NCCCC(=O)N1CCN(C(=O)c2cccc(Cl)c2)CC1. The number of nitrogens with two attached hydrogens (primary N) is 1. The Morgan fingerprint density at radius 2 is 1.77 bits per heavy atom. The Bertz CT molecular complexity index is 517. The number of benzene rings is 1. The molecule has 0 bridgehead atoms. The second-order valence-corrected chi connectivity index (χ2v) is 5.51. The molecule has 0 unspecified atom stereocenters. The number of halogens is 2. The first-order valence-corrected chi connectivity index (χ1v) is 7.52. The number of rotatable bonds is 4. The van der Waals surface area contributed by atoms with Crippen LogP contribution in [0.4, 0.5) is 0 Å². The number of carbonyl (C=O) groups excluding carboxylic acids is 2. The molecule has 0 spiro atoms. The standard InChI is InChI=1S/C15H20ClN3O2.ClH/c16-13-4-1-3-12(11-13)15(21)19-9-7-18(8-10-19)14(20)5-2-6-17;/h1,3-4,11H,2,5-10,17H2;1H. The van der Waals surface area contributed by atoms with Crippen molar-refractivity contribution in [1.29, 1.82) is 0 Å². The minimum Gasteiger partial charge on any atom is -0.339 e. The van der Waals surface area contributed by atoms with Crippen molar-refractivity contribution in [1.82, 2.24) is 9.80 Å². The van der Waals surface area contributed by atoms with Gasteiger partial charge in [0.25, 0.3) is 5.91 Å². The van der Waals surface area contributed by atoms with Gasteiger partial charge in [-0.2, -0.15) is 0 Å². The topological polar surface area (TPSA) is 66.6 Å². The van der Waals surface area contributed by atoms with E-state index in [2.05, 4.69) is 0 Å². The van der Waals surface area contributed by atoms with Gasteiger partial charge in [-0.05, 0) is 31.2 Å². The first kappa shape index (κ1) is 18.7. The van der Waals surface area contributed by atoms with Crippen LogP contribution in [0.2, 0.25) is 5.02 Å². The summed E-state index contributed by atoms with van der Waals surface area (Å²) in [5, 5.41) is 0.552. The lowest BCUT2D eigenvalue weighted by atomic mass is 10.1. The predicted octanol–water partition coefficient (Wildman–Crippen LogP) is 1.79. The molecule has 122 valence electrons. The van der Waals surface area contributed by atoms with E-state index in [0.29, 0.717) is 56.2 Å². The molecule has 5 nitrogen and oxygen atoms in total. The number of hydrogen-bond donors (Lipinski definition) is 1. The van der Waals surface area contributed by atoms with Gasteiger partial charge in [0.05, 0.1) is 0 Å². The predicted molar refractivity (Wildman–Crippen MR) is 89.5 cm³/mol. The lowest BCUT2D eigenvalue weighted by molar-refractivity contribution is -0.132. The van der Waals surface area contributed by atoms with E-state index in [9.17, 15) is 9.59 Å². The highest BCUT2D eigenvalue weighted by molar-refractivity contribution is 6.30. The van der Waals surface area contributed by atoms with Gasteiger partial charge in [0.2, 0.25) is 5.91 Å². The van der Waals surface area contributed by atoms with Crippen LogP contribution in [0, 0.1) is 0 Å². The Hall–Kier alpha value is -1.30. The van der Waals surface area contributed by atoms with Crippen molar-refractivity contribution in [2.75, 3.05) is 32.7 Å². The molecular weight excluding hydrogens is 325 g/mol. The van der Waals surface area contributed by atoms with Gasteiger partial charge in [0.15, 0.2) is 0 Å². The van der Waals surface area contributed by atoms with E-state index in [1.807, 2.05) is 0 Å². The van der Waals surface area contributed by atoms with E-state index >= 15 is 0 Å². The van der Waals surface area contributed by atoms with Crippen LogP contribution in [0.15, 0.2) is 24.3 Å². The van der Waals surface area contributed by atoms with Gasteiger partial charge in [0, 0.05) is 43.2 Å². The Labute approximate surface area is 141 Å². The van der Waals surface area contributed by atoms with Gasteiger partial charge < -0.3 is 15.5 Å².